The minimum Gasteiger partial charge on any atom is -0.353 e. The van der Waals surface area contributed by atoms with E-state index < -0.39 is 17.1 Å². The maximum Gasteiger partial charge on any atom is 0.257 e. The van der Waals surface area contributed by atoms with Crippen LogP contribution in [-0.2, 0) is 24.6 Å². The lowest BCUT2D eigenvalue weighted by Crippen LogP contribution is -2.27. The molecule has 2 atom stereocenters. The van der Waals surface area contributed by atoms with Gasteiger partial charge in [0.15, 0.2) is 0 Å². The molecule has 5 nitrogen and oxygen atoms in total. The van der Waals surface area contributed by atoms with Crippen LogP contribution in [0, 0.1) is 0 Å². The minimum absolute atomic E-state index is 0.216. The van der Waals surface area contributed by atoms with E-state index in [9.17, 15) is 8.42 Å². The smallest absolute Gasteiger partial charge is 0.257 e. The lowest BCUT2D eigenvalue weighted by Gasteiger charge is -2.12. The minimum atomic E-state index is -2.79. The molecule has 0 aromatic heterocycles. The first-order valence-corrected chi connectivity index (χ1v) is 4.30. The summed E-state index contributed by atoms with van der Waals surface area (Å²) in [5, 5.41) is 0. The Bertz CT molecular complexity index is 175. The van der Waals surface area contributed by atoms with Gasteiger partial charge in [-0.05, 0) is 6.92 Å². The quantitative estimate of drug-likeness (QED) is 0.584. The molecule has 0 spiro atoms. The first kappa shape index (κ1) is 8.92. The molecule has 0 radical (unpaired) electrons. The maximum absolute atomic E-state index is 10.1. The van der Waals surface area contributed by atoms with Gasteiger partial charge in [-0.15, -0.1) is 0 Å². The molecule has 1 heterocycles. The number of hydrogen-bond donors (Lipinski definition) is 1. The number of hydrogen-bond acceptors (Lipinski definition) is 5. The monoisotopic (exact) mass is 182 g/mol. The van der Waals surface area contributed by atoms with Gasteiger partial charge in [-0.2, -0.15) is 0 Å². The Balaban J connectivity index is 2.33. The van der Waals surface area contributed by atoms with Gasteiger partial charge < -0.3 is 9.47 Å². The fraction of sp³-hybridized carbons (Fsp3) is 1.00. The second-order valence-electron chi connectivity index (χ2n) is 2.23. The van der Waals surface area contributed by atoms with Crippen molar-refractivity contribution < 1.29 is 22.1 Å². The summed E-state index contributed by atoms with van der Waals surface area (Å²) in [6.45, 7) is 2.24. The Morgan fingerprint density at radius 1 is 1.64 bits per heavy atom. The Kier molecular flexibility index (Phi) is 3.25. The van der Waals surface area contributed by atoms with Gasteiger partial charge in [0.25, 0.3) is 11.0 Å². The molecule has 0 N–H and O–H groups in total. The summed E-state index contributed by atoms with van der Waals surface area (Å²) in [5.74, 6) is 0. The molecule has 1 rings (SSSR count). The van der Waals surface area contributed by atoms with E-state index in [4.69, 9.17) is 9.47 Å². The first-order chi connectivity index (χ1) is 5.20. The van der Waals surface area contributed by atoms with Crippen molar-refractivity contribution in [3.63, 3.8) is 0 Å². The SMILES string of the molecule is CC(O[SH](=O)=O)C1COCO1. The second-order valence-corrected chi connectivity index (χ2v) is 2.89. The molecule has 11 heavy (non-hydrogen) atoms. The largest absolute Gasteiger partial charge is 0.353 e. The summed E-state index contributed by atoms with van der Waals surface area (Å²) in [4.78, 5) is 0. The van der Waals surface area contributed by atoms with Crippen LogP contribution in [-0.4, -0.2) is 34.0 Å². The van der Waals surface area contributed by atoms with Crippen molar-refractivity contribution in [1.82, 2.24) is 0 Å². The summed E-state index contributed by atoms with van der Waals surface area (Å²) >= 11 is 0. The number of rotatable bonds is 3. The average molecular weight is 182 g/mol. The lowest BCUT2D eigenvalue weighted by molar-refractivity contribution is 0.00952. The van der Waals surface area contributed by atoms with E-state index in [1.807, 2.05) is 0 Å². The van der Waals surface area contributed by atoms with Crippen LogP contribution in [0.25, 0.3) is 0 Å². The molecule has 0 bridgehead atoms. The van der Waals surface area contributed by atoms with Crippen LogP contribution >= 0.6 is 0 Å². The Morgan fingerprint density at radius 2 is 2.36 bits per heavy atom. The number of thiol groups is 1. The fourth-order valence-corrected chi connectivity index (χ4v) is 1.23. The topological polar surface area (TPSA) is 61.8 Å². The fourth-order valence-electron chi connectivity index (χ4n) is 0.823. The normalized spacial score (nSPS) is 27.6. The third-order valence-electron chi connectivity index (χ3n) is 1.42. The Hall–Kier alpha value is -0.170. The maximum atomic E-state index is 10.1. The van der Waals surface area contributed by atoms with Crippen LogP contribution in [0.1, 0.15) is 6.92 Å². The summed E-state index contributed by atoms with van der Waals surface area (Å²) in [6, 6.07) is 0. The summed E-state index contributed by atoms with van der Waals surface area (Å²) < 4.78 is 34.5. The van der Waals surface area contributed by atoms with Crippen molar-refractivity contribution in [3.8, 4) is 0 Å². The van der Waals surface area contributed by atoms with Crippen LogP contribution in [0.4, 0.5) is 0 Å². The van der Waals surface area contributed by atoms with Crippen molar-refractivity contribution in [3.05, 3.63) is 0 Å². The third kappa shape index (κ3) is 2.74. The Labute approximate surface area is 66.4 Å². The molecule has 1 fully saturated rings. The van der Waals surface area contributed by atoms with Crippen molar-refractivity contribution in [2.24, 2.45) is 0 Å². The summed E-state index contributed by atoms with van der Waals surface area (Å²) in [6.07, 6.45) is -0.721. The summed E-state index contributed by atoms with van der Waals surface area (Å²) in [7, 11) is -2.79. The zero-order valence-corrected chi connectivity index (χ0v) is 6.95. The molecule has 2 unspecified atom stereocenters. The van der Waals surface area contributed by atoms with E-state index in [1.54, 1.807) is 6.92 Å². The molecule has 1 aliphatic heterocycles. The van der Waals surface area contributed by atoms with E-state index in [1.165, 1.54) is 0 Å². The zero-order valence-electron chi connectivity index (χ0n) is 6.06. The second kappa shape index (κ2) is 4.01. The van der Waals surface area contributed by atoms with Crippen molar-refractivity contribution in [2.45, 2.75) is 19.1 Å². The zero-order chi connectivity index (χ0) is 8.27. The van der Waals surface area contributed by atoms with E-state index in [0.29, 0.717) is 6.61 Å². The van der Waals surface area contributed by atoms with Crippen LogP contribution in [0.5, 0.6) is 0 Å². The van der Waals surface area contributed by atoms with Gasteiger partial charge in [0.2, 0.25) is 0 Å². The van der Waals surface area contributed by atoms with Crippen LogP contribution in [0.3, 0.4) is 0 Å². The predicted octanol–water partition coefficient (Wildman–Crippen LogP) is -0.709. The molecule has 6 heteroatoms. The van der Waals surface area contributed by atoms with Crippen LogP contribution in [0.15, 0.2) is 0 Å². The molecule has 0 aromatic rings. The lowest BCUT2D eigenvalue weighted by atomic mass is 10.2. The van der Waals surface area contributed by atoms with Gasteiger partial charge in [0.05, 0.1) is 6.61 Å². The molecule has 0 saturated carbocycles. The van der Waals surface area contributed by atoms with Gasteiger partial charge >= 0.3 is 0 Å². The van der Waals surface area contributed by atoms with Crippen molar-refractivity contribution in [2.75, 3.05) is 13.4 Å². The molecular weight excluding hydrogens is 172 g/mol. The third-order valence-corrected chi connectivity index (χ3v) is 1.93. The molecule has 1 saturated heterocycles. The van der Waals surface area contributed by atoms with E-state index in [0.717, 1.165) is 0 Å². The standard InChI is InChI=1S/C5H10O5S/c1-4(10-11(6)7)5-2-8-3-9-5/h4-5,11H,2-3H2,1H3. The molecule has 66 valence electrons. The molecule has 0 amide bonds. The van der Waals surface area contributed by atoms with Crippen LogP contribution < -0.4 is 0 Å². The molecule has 0 aliphatic carbocycles. The van der Waals surface area contributed by atoms with Gasteiger partial charge in [0, 0.05) is 0 Å². The highest BCUT2D eigenvalue weighted by Crippen LogP contribution is 2.10. The van der Waals surface area contributed by atoms with Crippen molar-refractivity contribution in [1.29, 1.82) is 0 Å². The average Bonchev–Trinajstić information content (AvgIpc) is 2.35. The predicted molar refractivity (Wildman–Crippen MR) is 36.6 cm³/mol. The highest BCUT2D eigenvalue weighted by atomic mass is 32.2. The van der Waals surface area contributed by atoms with E-state index in [2.05, 4.69) is 4.18 Å². The van der Waals surface area contributed by atoms with Crippen molar-refractivity contribution >= 4 is 11.0 Å². The van der Waals surface area contributed by atoms with Gasteiger partial charge in [-0.1, -0.05) is 0 Å². The molecule has 0 aromatic carbocycles. The highest BCUT2D eigenvalue weighted by Gasteiger charge is 2.24. The molecule has 1 aliphatic rings. The van der Waals surface area contributed by atoms with Gasteiger partial charge in [-0.25, -0.2) is 8.42 Å². The summed E-state index contributed by atoms with van der Waals surface area (Å²) in [5.41, 5.74) is 0. The van der Waals surface area contributed by atoms with Gasteiger partial charge in [-0.3, -0.25) is 4.18 Å². The first-order valence-electron chi connectivity index (χ1n) is 3.20. The van der Waals surface area contributed by atoms with Gasteiger partial charge in [0.1, 0.15) is 19.0 Å². The Morgan fingerprint density at radius 3 is 2.82 bits per heavy atom. The molecular formula is C5H10O5S. The van der Waals surface area contributed by atoms with E-state index >= 15 is 0 Å². The highest BCUT2D eigenvalue weighted by molar-refractivity contribution is 7.67. The number of ether oxygens (including phenoxy) is 2. The van der Waals surface area contributed by atoms with Crippen LogP contribution in [0.2, 0.25) is 0 Å². The van der Waals surface area contributed by atoms with E-state index in [-0.39, 0.29) is 12.9 Å².